The molecule has 0 atom stereocenters. The monoisotopic (exact) mass is 205 g/mol. The van der Waals surface area contributed by atoms with Gasteiger partial charge in [0.2, 0.25) is 0 Å². The van der Waals surface area contributed by atoms with Crippen LogP contribution in [0.4, 0.5) is 0 Å². The zero-order chi connectivity index (χ0) is 11.0. The molecule has 2 aromatic heterocycles. The van der Waals surface area contributed by atoms with Gasteiger partial charge in [-0.2, -0.15) is 10.2 Å². The van der Waals surface area contributed by atoms with E-state index in [1.54, 1.807) is 0 Å². The van der Waals surface area contributed by atoms with Crippen LogP contribution in [0.25, 0.3) is 11.1 Å². The molecule has 0 saturated heterocycles. The lowest BCUT2D eigenvalue weighted by molar-refractivity contribution is 0.587. The van der Waals surface area contributed by atoms with Crippen molar-refractivity contribution in [2.75, 3.05) is 0 Å². The lowest BCUT2D eigenvalue weighted by Crippen LogP contribution is -2.02. The van der Waals surface area contributed by atoms with E-state index in [0.29, 0.717) is 11.8 Å². The molecule has 0 aliphatic heterocycles. The maximum Gasteiger partial charge on any atom is 0.182 e. The predicted octanol–water partition coefficient (Wildman–Crippen LogP) is 2.86. The molecule has 0 radical (unpaired) electrons. The van der Waals surface area contributed by atoms with Gasteiger partial charge in [0.05, 0.1) is 5.69 Å². The van der Waals surface area contributed by atoms with E-state index in [-0.39, 0.29) is 0 Å². The van der Waals surface area contributed by atoms with Gasteiger partial charge in [0.15, 0.2) is 12.0 Å². The summed E-state index contributed by atoms with van der Waals surface area (Å²) in [6.07, 6.45) is 1.46. The van der Waals surface area contributed by atoms with Gasteiger partial charge in [-0.05, 0) is 5.92 Å². The van der Waals surface area contributed by atoms with Crippen LogP contribution in [-0.4, -0.2) is 15.2 Å². The van der Waals surface area contributed by atoms with E-state index < -0.39 is 0 Å². The summed E-state index contributed by atoms with van der Waals surface area (Å²) in [4.78, 5) is 4.21. The molecule has 4 nitrogen and oxygen atoms in total. The van der Waals surface area contributed by atoms with Gasteiger partial charge < -0.3 is 4.42 Å². The van der Waals surface area contributed by atoms with Crippen molar-refractivity contribution >= 4 is 11.1 Å². The van der Waals surface area contributed by atoms with Gasteiger partial charge in [-0.15, -0.1) is 0 Å². The van der Waals surface area contributed by atoms with Crippen molar-refractivity contribution in [3.05, 3.63) is 17.8 Å². The molecule has 0 saturated carbocycles. The average molecular weight is 205 g/mol. The van der Waals surface area contributed by atoms with Gasteiger partial charge in [0, 0.05) is 5.92 Å². The van der Waals surface area contributed by atoms with Gasteiger partial charge in [-0.25, -0.2) is 4.98 Å². The Hall–Kier alpha value is -1.45. The number of fused-ring (bicyclic) bond motifs is 1. The lowest BCUT2D eigenvalue weighted by atomic mass is 10.1. The van der Waals surface area contributed by atoms with E-state index in [1.807, 2.05) is 0 Å². The van der Waals surface area contributed by atoms with Gasteiger partial charge in [0.1, 0.15) is 11.2 Å². The van der Waals surface area contributed by atoms with Gasteiger partial charge in [0.25, 0.3) is 0 Å². The van der Waals surface area contributed by atoms with Crippen molar-refractivity contribution in [1.82, 2.24) is 15.2 Å². The highest BCUT2D eigenvalue weighted by molar-refractivity contribution is 5.77. The van der Waals surface area contributed by atoms with Crippen LogP contribution in [0.1, 0.15) is 50.9 Å². The van der Waals surface area contributed by atoms with Crippen LogP contribution in [0.2, 0.25) is 0 Å². The summed E-state index contributed by atoms with van der Waals surface area (Å²) in [6, 6.07) is 0. The molecule has 15 heavy (non-hydrogen) atoms. The molecular weight excluding hydrogens is 190 g/mol. The molecule has 0 spiro atoms. The first-order chi connectivity index (χ1) is 7.11. The van der Waals surface area contributed by atoms with Crippen LogP contribution in [0.3, 0.4) is 0 Å². The fourth-order valence-electron chi connectivity index (χ4n) is 1.58. The Bertz CT molecular complexity index is 432. The van der Waals surface area contributed by atoms with Crippen molar-refractivity contribution in [3.63, 3.8) is 0 Å². The van der Waals surface area contributed by atoms with Crippen LogP contribution in [0.5, 0.6) is 0 Å². The standard InChI is InChI=1S/C11H15N3O/c1-6(2)8-10-11(15-5-12-10)9(7(3)4)14-13-8/h5-7H,1-4H3. The minimum absolute atomic E-state index is 0.300. The van der Waals surface area contributed by atoms with E-state index in [9.17, 15) is 0 Å². The zero-order valence-corrected chi connectivity index (χ0v) is 9.48. The third-order valence-electron chi connectivity index (χ3n) is 2.40. The third kappa shape index (κ3) is 1.60. The van der Waals surface area contributed by atoms with Crippen molar-refractivity contribution < 1.29 is 4.42 Å². The first-order valence-corrected chi connectivity index (χ1v) is 5.21. The molecule has 2 aromatic rings. The van der Waals surface area contributed by atoms with E-state index in [2.05, 4.69) is 42.9 Å². The molecular formula is C11H15N3O. The molecule has 0 bridgehead atoms. The summed E-state index contributed by atoms with van der Waals surface area (Å²) in [5.74, 6) is 0.612. The van der Waals surface area contributed by atoms with E-state index >= 15 is 0 Å². The van der Waals surface area contributed by atoms with Crippen LogP contribution in [0.15, 0.2) is 10.8 Å². The molecule has 4 heteroatoms. The second kappa shape index (κ2) is 3.61. The normalized spacial score (nSPS) is 11.9. The summed E-state index contributed by atoms with van der Waals surface area (Å²) >= 11 is 0. The fourth-order valence-corrected chi connectivity index (χ4v) is 1.58. The van der Waals surface area contributed by atoms with Crippen LogP contribution >= 0.6 is 0 Å². The van der Waals surface area contributed by atoms with E-state index in [4.69, 9.17) is 4.42 Å². The van der Waals surface area contributed by atoms with Crippen LogP contribution < -0.4 is 0 Å². The fraction of sp³-hybridized carbons (Fsp3) is 0.545. The molecule has 2 rings (SSSR count). The van der Waals surface area contributed by atoms with Crippen molar-refractivity contribution in [2.24, 2.45) is 0 Å². The summed E-state index contributed by atoms with van der Waals surface area (Å²) in [6.45, 7) is 8.29. The van der Waals surface area contributed by atoms with Gasteiger partial charge >= 0.3 is 0 Å². The summed E-state index contributed by atoms with van der Waals surface area (Å²) < 4.78 is 5.39. The molecule has 80 valence electrons. The van der Waals surface area contributed by atoms with Crippen molar-refractivity contribution in [1.29, 1.82) is 0 Å². The molecule has 0 aliphatic carbocycles. The first kappa shape index (κ1) is 10.1. The Morgan fingerprint density at radius 1 is 1.00 bits per heavy atom. The molecule has 0 aromatic carbocycles. The SMILES string of the molecule is CC(C)c1nnc(C(C)C)c2ocnc12. The Kier molecular flexibility index (Phi) is 2.42. The number of oxazole rings is 1. The molecule has 0 unspecified atom stereocenters. The zero-order valence-electron chi connectivity index (χ0n) is 9.48. The predicted molar refractivity (Wildman–Crippen MR) is 57.8 cm³/mol. The highest BCUT2D eigenvalue weighted by atomic mass is 16.3. The van der Waals surface area contributed by atoms with Gasteiger partial charge in [-0.1, -0.05) is 27.7 Å². The molecule has 0 N–H and O–H groups in total. The quantitative estimate of drug-likeness (QED) is 0.756. The summed E-state index contributed by atoms with van der Waals surface area (Å²) in [7, 11) is 0. The average Bonchev–Trinajstić information content (AvgIpc) is 2.63. The minimum atomic E-state index is 0.300. The number of rotatable bonds is 2. The largest absolute Gasteiger partial charge is 0.441 e. The number of hydrogen-bond donors (Lipinski definition) is 0. The van der Waals surface area contributed by atoms with E-state index in [1.165, 1.54) is 6.39 Å². The molecule has 0 aliphatic rings. The van der Waals surface area contributed by atoms with Gasteiger partial charge in [-0.3, -0.25) is 0 Å². The Morgan fingerprint density at radius 2 is 1.60 bits per heavy atom. The summed E-state index contributed by atoms with van der Waals surface area (Å²) in [5, 5.41) is 8.44. The smallest absolute Gasteiger partial charge is 0.182 e. The molecule has 0 fully saturated rings. The lowest BCUT2D eigenvalue weighted by Gasteiger charge is -2.07. The van der Waals surface area contributed by atoms with Crippen molar-refractivity contribution in [3.8, 4) is 0 Å². The Morgan fingerprint density at radius 3 is 2.20 bits per heavy atom. The number of nitrogens with zero attached hydrogens (tertiary/aromatic N) is 3. The maximum absolute atomic E-state index is 5.39. The van der Waals surface area contributed by atoms with Crippen LogP contribution in [0, 0.1) is 0 Å². The minimum Gasteiger partial charge on any atom is -0.441 e. The molecule has 0 amide bonds. The number of aromatic nitrogens is 3. The maximum atomic E-state index is 5.39. The highest BCUT2D eigenvalue weighted by Gasteiger charge is 2.17. The third-order valence-corrected chi connectivity index (χ3v) is 2.40. The Labute approximate surface area is 88.7 Å². The highest BCUT2D eigenvalue weighted by Crippen LogP contribution is 2.26. The Balaban J connectivity index is 2.71. The summed E-state index contributed by atoms with van der Waals surface area (Å²) in [5.41, 5.74) is 3.42. The second-order valence-electron chi connectivity index (χ2n) is 4.31. The topological polar surface area (TPSA) is 51.8 Å². The first-order valence-electron chi connectivity index (χ1n) is 5.21. The molecule has 2 heterocycles. The number of hydrogen-bond acceptors (Lipinski definition) is 4. The second-order valence-corrected chi connectivity index (χ2v) is 4.31. The van der Waals surface area contributed by atoms with E-state index in [0.717, 1.165) is 22.5 Å². The van der Waals surface area contributed by atoms with Crippen LogP contribution in [-0.2, 0) is 0 Å². The van der Waals surface area contributed by atoms with Crippen molar-refractivity contribution in [2.45, 2.75) is 39.5 Å².